The molecule has 1 aromatic carbocycles. The van der Waals surface area contributed by atoms with Crippen molar-refractivity contribution < 1.29 is 9.21 Å². The van der Waals surface area contributed by atoms with Crippen molar-refractivity contribution in [2.45, 2.75) is 13.5 Å². The molecule has 1 aliphatic rings. The van der Waals surface area contributed by atoms with E-state index in [2.05, 4.69) is 41.1 Å². The predicted molar refractivity (Wildman–Crippen MR) is 92.9 cm³/mol. The van der Waals surface area contributed by atoms with Gasteiger partial charge in [-0.2, -0.15) is 0 Å². The minimum atomic E-state index is -0.0112. The number of hydrogen-bond acceptors (Lipinski definition) is 3. The molecule has 0 radical (unpaired) electrons. The van der Waals surface area contributed by atoms with E-state index in [-0.39, 0.29) is 5.91 Å². The van der Waals surface area contributed by atoms with Gasteiger partial charge in [-0.25, -0.2) is 0 Å². The van der Waals surface area contributed by atoms with Crippen LogP contribution in [0.25, 0.3) is 10.9 Å². The van der Waals surface area contributed by atoms with Crippen molar-refractivity contribution in [2.75, 3.05) is 26.2 Å². The molecule has 0 spiro atoms. The number of aromatic nitrogens is 1. The Bertz CT molecular complexity index is 843. The maximum atomic E-state index is 12.3. The highest BCUT2D eigenvalue weighted by Crippen LogP contribution is 2.24. The Morgan fingerprint density at radius 1 is 1.12 bits per heavy atom. The average Bonchev–Trinajstić information content (AvgIpc) is 3.24. The molecule has 0 aliphatic carbocycles. The van der Waals surface area contributed by atoms with Crippen molar-refractivity contribution in [2.24, 2.45) is 0 Å². The Hall–Kier alpha value is -2.53. The maximum absolute atomic E-state index is 12.3. The zero-order valence-electron chi connectivity index (χ0n) is 13.8. The molecule has 0 bridgehead atoms. The number of rotatable bonds is 3. The maximum Gasteiger partial charge on any atom is 0.289 e. The summed E-state index contributed by atoms with van der Waals surface area (Å²) in [4.78, 5) is 20.1. The molecule has 4 rings (SSSR count). The van der Waals surface area contributed by atoms with Gasteiger partial charge in [-0.05, 0) is 30.7 Å². The van der Waals surface area contributed by atoms with Gasteiger partial charge in [-0.15, -0.1) is 0 Å². The van der Waals surface area contributed by atoms with Crippen LogP contribution in [0.5, 0.6) is 0 Å². The monoisotopic (exact) mass is 323 g/mol. The molecule has 124 valence electrons. The normalized spacial score (nSPS) is 16.0. The number of nitrogens with one attached hydrogen (secondary N) is 1. The summed E-state index contributed by atoms with van der Waals surface area (Å²) >= 11 is 0. The summed E-state index contributed by atoms with van der Waals surface area (Å²) in [6.45, 7) is 6.28. The van der Waals surface area contributed by atoms with Crippen LogP contribution in [-0.2, 0) is 6.54 Å². The Kier molecular flexibility index (Phi) is 3.86. The van der Waals surface area contributed by atoms with Crippen LogP contribution < -0.4 is 0 Å². The van der Waals surface area contributed by atoms with E-state index in [1.807, 2.05) is 4.90 Å². The Labute approximate surface area is 140 Å². The Morgan fingerprint density at radius 3 is 2.67 bits per heavy atom. The van der Waals surface area contributed by atoms with E-state index in [9.17, 15) is 4.79 Å². The first-order valence-corrected chi connectivity index (χ1v) is 8.33. The van der Waals surface area contributed by atoms with E-state index >= 15 is 0 Å². The standard InChI is InChI=1S/C19H21N3O2/c1-14-16(15-5-2-3-6-17(15)20-14)13-21-8-10-22(11-9-21)19(23)18-7-4-12-24-18/h2-7,12,20H,8-11,13H2,1H3. The number of fused-ring (bicyclic) bond motifs is 1. The number of H-pyrrole nitrogens is 1. The molecule has 0 saturated carbocycles. The third-order valence-corrected chi connectivity index (χ3v) is 4.80. The van der Waals surface area contributed by atoms with Gasteiger partial charge in [0.05, 0.1) is 6.26 Å². The summed E-state index contributed by atoms with van der Waals surface area (Å²) in [6, 6.07) is 11.9. The Balaban J connectivity index is 1.43. The second-order valence-electron chi connectivity index (χ2n) is 6.32. The van der Waals surface area contributed by atoms with Gasteiger partial charge in [0.2, 0.25) is 0 Å². The highest BCUT2D eigenvalue weighted by atomic mass is 16.3. The average molecular weight is 323 g/mol. The van der Waals surface area contributed by atoms with E-state index in [1.165, 1.54) is 22.2 Å². The molecule has 1 fully saturated rings. The summed E-state index contributed by atoms with van der Waals surface area (Å²) in [5, 5.41) is 1.30. The zero-order chi connectivity index (χ0) is 16.5. The van der Waals surface area contributed by atoms with Crippen molar-refractivity contribution in [1.29, 1.82) is 0 Å². The van der Waals surface area contributed by atoms with Crippen LogP contribution in [0.2, 0.25) is 0 Å². The van der Waals surface area contributed by atoms with Gasteiger partial charge in [0.25, 0.3) is 5.91 Å². The van der Waals surface area contributed by atoms with Crippen molar-refractivity contribution in [3.8, 4) is 0 Å². The van der Waals surface area contributed by atoms with Crippen LogP contribution in [0.15, 0.2) is 47.1 Å². The van der Waals surface area contributed by atoms with Crippen LogP contribution in [0, 0.1) is 6.92 Å². The quantitative estimate of drug-likeness (QED) is 0.806. The fraction of sp³-hybridized carbons (Fsp3) is 0.316. The third kappa shape index (κ3) is 2.71. The fourth-order valence-electron chi connectivity index (χ4n) is 3.43. The van der Waals surface area contributed by atoms with Gasteiger partial charge in [0.15, 0.2) is 5.76 Å². The van der Waals surface area contributed by atoms with Gasteiger partial charge in [0.1, 0.15) is 0 Å². The van der Waals surface area contributed by atoms with Crippen LogP contribution in [0.1, 0.15) is 21.8 Å². The van der Waals surface area contributed by atoms with Crippen LogP contribution in [-0.4, -0.2) is 46.9 Å². The largest absolute Gasteiger partial charge is 0.459 e. The second-order valence-corrected chi connectivity index (χ2v) is 6.32. The summed E-state index contributed by atoms with van der Waals surface area (Å²) < 4.78 is 5.22. The molecule has 1 aliphatic heterocycles. The molecular weight excluding hydrogens is 302 g/mol. The molecule has 1 N–H and O–H groups in total. The molecule has 3 aromatic rings. The van der Waals surface area contributed by atoms with Crippen LogP contribution in [0.3, 0.4) is 0 Å². The number of nitrogens with zero attached hydrogens (tertiary/aromatic N) is 2. The molecule has 5 nitrogen and oxygen atoms in total. The number of hydrogen-bond donors (Lipinski definition) is 1. The van der Waals surface area contributed by atoms with Gasteiger partial charge in [0, 0.05) is 49.3 Å². The van der Waals surface area contributed by atoms with Crippen LogP contribution >= 0.6 is 0 Å². The minimum Gasteiger partial charge on any atom is -0.459 e. The van der Waals surface area contributed by atoms with Crippen molar-refractivity contribution in [3.63, 3.8) is 0 Å². The molecule has 2 aromatic heterocycles. The first-order valence-electron chi connectivity index (χ1n) is 8.33. The number of piperazine rings is 1. The molecule has 5 heteroatoms. The molecular formula is C19H21N3O2. The smallest absolute Gasteiger partial charge is 0.289 e. The van der Waals surface area contributed by atoms with E-state index < -0.39 is 0 Å². The van der Waals surface area contributed by atoms with Gasteiger partial charge < -0.3 is 14.3 Å². The number of aryl methyl sites for hydroxylation is 1. The lowest BCUT2D eigenvalue weighted by Crippen LogP contribution is -2.48. The number of aromatic amines is 1. The molecule has 24 heavy (non-hydrogen) atoms. The first-order chi connectivity index (χ1) is 11.7. The van der Waals surface area contributed by atoms with E-state index in [1.54, 1.807) is 18.4 Å². The van der Waals surface area contributed by atoms with Gasteiger partial charge >= 0.3 is 0 Å². The number of carbonyl (C=O) groups is 1. The summed E-state index contributed by atoms with van der Waals surface area (Å²) in [6.07, 6.45) is 1.54. The fourth-order valence-corrected chi connectivity index (χ4v) is 3.43. The molecule has 3 heterocycles. The molecule has 0 atom stereocenters. The highest BCUT2D eigenvalue weighted by molar-refractivity contribution is 5.91. The summed E-state index contributed by atoms with van der Waals surface area (Å²) in [5.74, 6) is 0.416. The van der Waals surface area contributed by atoms with E-state index in [0.29, 0.717) is 5.76 Å². The van der Waals surface area contributed by atoms with Crippen molar-refractivity contribution in [1.82, 2.24) is 14.8 Å². The molecule has 1 saturated heterocycles. The topological polar surface area (TPSA) is 52.5 Å². The van der Waals surface area contributed by atoms with Crippen molar-refractivity contribution in [3.05, 3.63) is 59.7 Å². The second kappa shape index (κ2) is 6.17. The number of carbonyl (C=O) groups excluding carboxylic acids is 1. The lowest BCUT2D eigenvalue weighted by molar-refractivity contribution is 0.0598. The zero-order valence-corrected chi connectivity index (χ0v) is 13.8. The summed E-state index contributed by atoms with van der Waals surface area (Å²) in [5.41, 5.74) is 3.78. The van der Waals surface area contributed by atoms with Crippen molar-refractivity contribution >= 4 is 16.8 Å². The van der Waals surface area contributed by atoms with E-state index in [4.69, 9.17) is 4.42 Å². The van der Waals surface area contributed by atoms with Gasteiger partial charge in [-0.3, -0.25) is 9.69 Å². The first kappa shape index (κ1) is 15.0. The number of para-hydroxylation sites is 1. The lowest BCUT2D eigenvalue weighted by Gasteiger charge is -2.34. The van der Waals surface area contributed by atoms with E-state index in [0.717, 1.165) is 32.7 Å². The number of amides is 1. The SMILES string of the molecule is Cc1[nH]c2ccccc2c1CN1CCN(C(=O)c2ccco2)CC1. The third-order valence-electron chi connectivity index (χ3n) is 4.80. The predicted octanol–water partition coefficient (Wildman–Crippen LogP) is 3.03. The highest BCUT2D eigenvalue weighted by Gasteiger charge is 2.24. The number of benzene rings is 1. The molecule has 0 unspecified atom stereocenters. The van der Waals surface area contributed by atoms with Gasteiger partial charge in [-0.1, -0.05) is 18.2 Å². The Morgan fingerprint density at radius 2 is 1.92 bits per heavy atom. The molecule has 1 amide bonds. The minimum absolute atomic E-state index is 0.0112. The van der Waals surface area contributed by atoms with Crippen LogP contribution in [0.4, 0.5) is 0 Å². The summed E-state index contributed by atoms with van der Waals surface area (Å²) in [7, 11) is 0. The number of furan rings is 1. The lowest BCUT2D eigenvalue weighted by atomic mass is 10.1.